The third-order valence-electron chi connectivity index (χ3n) is 5.79. The first-order valence-corrected chi connectivity index (χ1v) is 11.3. The maximum Gasteiger partial charge on any atom is 0.323 e. The highest BCUT2D eigenvalue weighted by Crippen LogP contribution is 2.33. The number of hydrogen-bond donors (Lipinski definition) is 3. The Bertz CT molecular complexity index is 1320. The molecule has 0 unspecified atom stereocenters. The number of hydrogen-bond acceptors (Lipinski definition) is 4. The zero-order valence-corrected chi connectivity index (χ0v) is 19.1. The predicted octanol–water partition coefficient (Wildman–Crippen LogP) is 6.44. The molecule has 2 aromatic carbocycles. The Labute approximate surface area is 194 Å². The van der Waals surface area contributed by atoms with E-state index in [4.69, 9.17) is 4.98 Å². The highest BCUT2D eigenvalue weighted by Gasteiger charge is 2.21. The Kier molecular flexibility index (Phi) is 5.49. The van der Waals surface area contributed by atoms with Gasteiger partial charge in [0.2, 0.25) is 0 Å². The number of nitrogens with one attached hydrogen (secondary N) is 3. The van der Waals surface area contributed by atoms with E-state index in [0.29, 0.717) is 16.0 Å². The third-order valence-corrected chi connectivity index (χ3v) is 6.59. The van der Waals surface area contributed by atoms with Crippen LogP contribution in [0.25, 0.3) is 10.9 Å². The van der Waals surface area contributed by atoms with Crippen molar-refractivity contribution in [2.75, 3.05) is 16.0 Å². The molecule has 6 nitrogen and oxygen atoms in total. The van der Waals surface area contributed by atoms with Gasteiger partial charge in [-0.25, -0.2) is 14.8 Å². The van der Waals surface area contributed by atoms with Crippen molar-refractivity contribution in [3.63, 3.8) is 0 Å². The molecule has 2 aromatic heterocycles. The number of halogens is 1. The lowest BCUT2D eigenvalue weighted by Crippen LogP contribution is -2.20. The highest BCUT2D eigenvalue weighted by atomic mass is 79.9. The van der Waals surface area contributed by atoms with Gasteiger partial charge in [-0.1, -0.05) is 24.3 Å². The molecular formula is C25H22BrN5O. The minimum Gasteiger partial charge on any atom is -0.363 e. The van der Waals surface area contributed by atoms with E-state index in [1.54, 1.807) is 12.3 Å². The Balaban J connectivity index is 1.29. The summed E-state index contributed by atoms with van der Waals surface area (Å²) >= 11 is 3.38. The highest BCUT2D eigenvalue weighted by molar-refractivity contribution is 9.10. The van der Waals surface area contributed by atoms with Gasteiger partial charge < -0.3 is 16.0 Å². The van der Waals surface area contributed by atoms with E-state index in [-0.39, 0.29) is 12.1 Å². The average molecular weight is 488 g/mol. The van der Waals surface area contributed by atoms with Crippen LogP contribution in [-0.4, -0.2) is 16.0 Å². The van der Waals surface area contributed by atoms with Crippen LogP contribution in [0.4, 0.5) is 22.0 Å². The maximum absolute atomic E-state index is 12.4. The summed E-state index contributed by atoms with van der Waals surface area (Å²) in [7, 11) is 0. The Morgan fingerprint density at radius 3 is 2.84 bits per heavy atom. The van der Waals surface area contributed by atoms with Gasteiger partial charge in [0, 0.05) is 28.5 Å². The van der Waals surface area contributed by atoms with E-state index >= 15 is 0 Å². The predicted molar refractivity (Wildman–Crippen MR) is 132 cm³/mol. The molecular weight excluding hydrogens is 466 g/mol. The van der Waals surface area contributed by atoms with Crippen LogP contribution in [0, 0.1) is 6.92 Å². The molecule has 2 heterocycles. The molecule has 0 radical (unpaired) electrons. The standard InChI is InChI=1S/C25H22BrN5O/c1-15-20(12-13-27-24(15)26)31-25(32)28-18-8-10-21-17(14-18)7-11-23(29-21)30-22-9-6-16-4-2-3-5-19(16)22/h2-5,7-8,10-14,22H,6,9H2,1H3,(H,29,30)(H2,27,28,31,32)/t22-/m1/s1. The lowest BCUT2D eigenvalue weighted by molar-refractivity contribution is 0.262. The lowest BCUT2D eigenvalue weighted by atomic mass is 10.1. The summed E-state index contributed by atoms with van der Waals surface area (Å²) in [6.07, 6.45) is 3.81. The van der Waals surface area contributed by atoms with E-state index in [1.807, 2.05) is 37.3 Å². The summed E-state index contributed by atoms with van der Waals surface area (Å²) in [5.74, 6) is 0.858. The molecule has 7 heteroatoms. The number of urea groups is 1. The fourth-order valence-corrected chi connectivity index (χ4v) is 4.43. The number of amides is 2. The molecule has 160 valence electrons. The second kappa shape index (κ2) is 8.59. The van der Waals surface area contributed by atoms with Gasteiger partial charge in [0.1, 0.15) is 10.4 Å². The molecule has 0 aliphatic heterocycles. The fourth-order valence-electron chi connectivity index (χ4n) is 4.10. The van der Waals surface area contributed by atoms with Crippen LogP contribution in [0.15, 0.2) is 71.5 Å². The Hall–Kier alpha value is -3.45. The smallest absolute Gasteiger partial charge is 0.323 e. The van der Waals surface area contributed by atoms with Gasteiger partial charge in [0.15, 0.2) is 0 Å². The van der Waals surface area contributed by atoms with Crippen molar-refractivity contribution < 1.29 is 4.79 Å². The van der Waals surface area contributed by atoms with Crippen LogP contribution >= 0.6 is 15.9 Å². The number of benzene rings is 2. The maximum atomic E-state index is 12.4. The number of rotatable bonds is 4. The molecule has 0 bridgehead atoms. The second-order valence-electron chi connectivity index (χ2n) is 7.89. The lowest BCUT2D eigenvalue weighted by Gasteiger charge is -2.15. The number of fused-ring (bicyclic) bond motifs is 2. The first kappa shape index (κ1) is 20.5. The van der Waals surface area contributed by atoms with Crippen LogP contribution in [0.2, 0.25) is 0 Å². The largest absolute Gasteiger partial charge is 0.363 e. The molecule has 0 spiro atoms. The van der Waals surface area contributed by atoms with Crippen LogP contribution in [0.5, 0.6) is 0 Å². The number of aryl methyl sites for hydroxylation is 1. The van der Waals surface area contributed by atoms with Crippen molar-refractivity contribution in [1.29, 1.82) is 0 Å². The van der Waals surface area contributed by atoms with Gasteiger partial charge in [-0.2, -0.15) is 0 Å². The monoisotopic (exact) mass is 487 g/mol. The van der Waals surface area contributed by atoms with Crippen molar-refractivity contribution >= 4 is 50.1 Å². The summed E-state index contributed by atoms with van der Waals surface area (Å²) in [5.41, 5.74) is 5.92. The van der Waals surface area contributed by atoms with E-state index in [2.05, 4.69) is 61.1 Å². The fraction of sp³-hybridized carbons (Fsp3) is 0.160. The van der Waals surface area contributed by atoms with E-state index in [9.17, 15) is 4.79 Å². The van der Waals surface area contributed by atoms with Crippen molar-refractivity contribution in [1.82, 2.24) is 9.97 Å². The summed E-state index contributed by atoms with van der Waals surface area (Å²) < 4.78 is 0.706. The van der Waals surface area contributed by atoms with E-state index in [1.165, 1.54) is 11.1 Å². The van der Waals surface area contributed by atoms with Crippen LogP contribution < -0.4 is 16.0 Å². The summed E-state index contributed by atoms with van der Waals surface area (Å²) in [6.45, 7) is 1.89. The molecule has 0 fully saturated rings. The number of pyridine rings is 2. The number of carbonyl (C=O) groups excluding carboxylic acids is 1. The molecule has 32 heavy (non-hydrogen) atoms. The third kappa shape index (κ3) is 4.16. The first-order valence-electron chi connectivity index (χ1n) is 10.5. The van der Waals surface area contributed by atoms with Gasteiger partial charge in [0.05, 0.1) is 11.6 Å². The molecule has 4 aromatic rings. The summed E-state index contributed by atoms with van der Waals surface area (Å²) in [4.78, 5) is 21.4. The topological polar surface area (TPSA) is 78.9 Å². The molecule has 5 rings (SSSR count). The minimum atomic E-state index is -0.309. The average Bonchev–Trinajstić information content (AvgIpc) is 3.20. The van der Waals surface area contributed by atoms with Crippen LogP contribution in [-0.2, 0) is 6.42 Å². The molecule has 0 saturated heterocycles. The minimum absolute atomic E-state index is 0.289. The molecule has 0 saturated carbocycles. The van der Waals surface area contributed by atoms with Crippen molar-refractivity contribution in [2.45, 2.75) is 25.8 Å². The molecule has 1 aliphatic rings. The SMILES string of the molecule is Cc1c(NC(=O)Nc2ccc3nc(N[C@@H]4CCc5ccccc54)ccc3c2)ccnc1Br. The first-order chi connectivity index (χ1) is 15.6. The van der Waals surface area contributed by atoms with Gasteiger partial charge >= 0.3 is 6.03 Å². The summed E-state index contributed by atoms with van der Waals surface area (Å²) in [6, 6.07) is 20.0. The second-order valence-corrected chi connectivity index (χ2v) is 8.64. The molecule has 3 N–H and O–H groups in total. The summed E-state index contributed by atoms with van der Waals surface area (Å²) in [5, 5.41) is 10.3. The molecule has 2 amide bonds. The quantitative estimate of drug-likeness (QED) is 0.289. The van der Waals surface area contributed by atoms with Crippen LogP contribution in [0.3, 0.4) is 0 Å². The van der Waals surface area contributed by atoms with Gasteiger partial charge in [-0.15, -0.1) is 0 Å². The van der Waals surface area contributed by atoms with Gasteiger partial charge in [-0.3, -0.25) is 0 Å². The molecule has 1 atom stereocenters. The number of carbonyl (C=O) groups is 1. The van der Waals surface area contributed by atoms with Crippen molar-refractivity contribution in [3.05, 3.63) is 88.2 Å². The van der Waals surface area contributed by atoms with Gasteiger partial charge in [0.25, 0.3) is 0 Å². The number of nitrogens with zero attached hydrogens (tertiary/aromatic N) is 2. The normalized spacial score (nSPS) is 14.8. The van der Waals surface area contributed by atoms with Crippen molar-refractivity contribution in [2.24, 2.45) is 0 Å². The number of aromatic nitrogens is 2. The Morgan fingerprint density at radius 2 is 1.94 bits per heavy atom. The molecule has 1 aliphatic carbocycles. The zero-order chi connectivity index (χ0) is 22.1. The van der Waals surface area contributed by atoms with E-state index < -0.39 is 0 Å². The zero-order valence-electron chi connectivity index (χ0n) is 17.5. The Morgan fingerprint density at radius 1 is 1.06 bits per heavy atom. The van der Waals surface area contributed by atoms with Crippen molar-refractivity contribution in [3.8, 4) is 0 Å². The number of anilines is 3. The van der Waals surface area contributed by atoms with Crippen LogP contribution in [0.1, 0.15) is 29.2 Å². The van der Waals surface area contributed by atoms with Gasteiger partial charge in [-0.05, 0) is 83.2 Å². The van der Waals surface area contributed by atoms with E-state index in [0.717, 1.165) is 35.1 Å².